The first-order valence-electron chi connectivity index (χ1n) is 19.2. The Balaban J connectivity index is 1.12. The van der Waals surface area contributed by atoms with Crippen molar-refractivity contribution in [1.82, 2.24) is 4.98 Å². The number of hydrogen-bond donors (Lipinski definition) is 1. The Morgan fingerprint density at radius 2 is 1.12 bits per heavy atom. The van der Waals surface area contributed by atoms with Crippen LogP contribution in [0.5, 0.6) is 0 Å². The number of amidine groups is 1. The zero-order valence-corrected chi connectivity index (χ0v) is 30.8. The smallest absolute Gasteiger partial charge is 0.155 e. The van der Waals surface area contributed by atoms with Gasteiger partial charge in [-0.2, -0.15) is 0 Å². The molecule has 0 amide bonds. The average molecular weight is 719 g/mol. The molecule has 0 fully saturated rings. The normalized spacial score (nSPS) is 14.8. The molecular weight excluding hydrogens is 681 g/mol. The first kappa shape index (κ1) is 33.6. The number of hydrogen-bond acceptors (Lipinski definition) is 4. The molecule has 1 unspecified atom stereocenters. The van der Waals surface area contributed by atoms with Gasteiger partial charge in [-0.15, -0.1) is 0 Å². The van der Waals surface area contributed by atoms with Crippen LogP contribution in [-0.2, 0) is 0 Å². The van der Waals surface area contributed by atoms with E-state index in [0.29, 0.717) is 18.8 Å². The largest absolute Gasteiger partial charge is 0.327 e. The number of benzene rings is 7. The number of fused-ring (bicyclic) bond motifs is 4. The summed E-state index contributed by atoms with van der Waals surface area (Å²) in [6.07, 6.45) is 10.4. The van der Waals surface area contributed by atoms with Crippen LogP contribution in [-0.4, -0.2) is 23.1 Å². The molecule has 0 spiro atoms. The lowest BCUT2D eigenvalue weighted by atomic mass is 9.82. The zero-order valence-electron chi connectivity index (χ0n) is 30.8. The Bertz CT molecular complexity index is 2800. The standard InChI is InChI=1S/C52H38N4/c53-31-12-3-8-19-38-33-46(45-24-11-13-32-54-45)56-52(55-38)37-27-25-34(26-28-37)39-29-30-44-49-40(39)22-14-23-43(49)50-47(35-15-4-1-5-16-35)41-20-9-10-21-42(41)48(51(44)50)36-17-6-2-7-18-36/h1-30,32,46H,31,33,53H2/b12-3-,19-8+. The van der Waals surface area contributed by atoms with E-state index in [4.69, 9.17) is 15.7 Å². The summed E-state index contributed by atoms with van der Waals surface area (Å²) >= 11 is 0. The molecule has 1 atom stereocenters. The van der Waals surface area contributed by atoms with E-state index in [1.165, 1.54) is 71.6 Å². The summed E-state index contributed by atoms with van der Waals surface area (Å²) in [7, 11) is 0. The van der Waals surface area contributed by atoms with Crippen molar-refractivity contribution in [1.29, 1.82) is 0 Å². The summed E-state index contributed by atoms with van der Waals surface area (Å²) in [5.74, 6) is 0.714. The molecule has 4 heteroatoms. The maximum absolute atomic E-state index is 5.66. The Hall–Kier alpha value is -7.01. The molecule has 2 heterocycles. The maximum Gasteiger partial charge on any atom is 0.155 e. The highest BCUT2D eigenvalue weighted by molar-refractivity contribution is 6.28. The summed E-state index contributed by atoms with van der Waals surface area (Å²) in [5.41, 5.74) is 21.1. The van der Waals surface area contributed by atoms with Crippen LogP contribution in [0.1, 0.15) is 23.7 Å². The molecule has 8 aromatic rings. The molecule has 1 aliphatic carbocycles. The predicted octanol–water partition coefficient (Wildman–Crippen LogP) is 12.4. The van der Waals surface area contributed by atoms with Gasteiger partial charge < -0.3 is 5.73 Å². The van der Waals surface area contributed by atoms with E-state index in [-0.39, 0.29) is 6.04 Å². The minimum Gasteiger partial charge on any atom is -0.327 e. The summed E-state index contributed by atoms with van der Waals surface area (Å²) in [6.45, 7) is 0.499. The minimum absolute atomic E-state index is 0.113. The number of nitrogens with two attached hydrogens (primary N) is 1. The van der Waals surface area contributed by atoms with Crippen molar-refractivity contribution in [3.63, 3.8) is 0 Å². The molecule has 7 aromatic carbocycles. The number of aliphatic imine (C=N–C) groups is 2. The van der Waals surface area contributed by atoms with Gasteiger partial charge in [0.1, 0.15) is 0 Å². The SMILES string of the molecule is NC/C=C\C=C\C1=NC(c2ccc(-c3ccc4c5c(cccc35)-c3c-4c(-c4ccccc4)c4ccccc4c3-c3ccccc3)cc2)=NC(c2ccccn2)C1. The van der Waals surface area contributed by atoms with Crippen LogP contribution in [0.3, 0.4) is 0 Å². The van der Waals surface area contributed by atoms with E-state index in [0.717, 1.165) is 22.5 Å². The van der Waals surface area contributed by atoms with Crippen LogP contribution in [0.15, 0.2) is 198 Å². The van der Waals surface area contributed by atoms with Crippen molar-refractivity contribution in [2.75, 3.05) is 6.54 Å². The number of nitrogens with zero attached hydrogens (tertiary/aromatic N) is 3. The Kier molecular flexibility index (Phi) is 8.59. The second-order valence-electron chi connectivity index (χ2n) is 14.3. The second kappa shape index (κ2) is 14.3. The number of aromatic nitrogens is 1. The lowest BCUT2D eigenvalue weighted by molar-refractivity contribution is 0.726. The van der Waals surface area contributed by atoms with E-state index in [1.54, 1.807) is 0 Å². The van der Waals surface area contributed by atoms with Crippen molar-refractivity contribution in [2.45, 2.75) is 12.5 Å². The Labute approximate surface area is 326 Å². The highest BCUT2D eigenvalue weighted by Crippen LogP contribution is 2.58. The molecule has 56 heavy (non-hydrogen) atoms. The first-order chi connectivity index (χ1) is 27.8. The van der Waals surface area contributed by atoms with E-state index in [1.807, 2.05) is 48.7 Å². The van der Waals surface area contributed by atoms with Crippen molar-refractivity contribution in [3.8, 4) is 55.6 Å². The van der Waals surface area contributed by atoms with Gasteiger partial charge in [0.25, 0.3) is 0 Å². The molecule has 0 saturated heterocycles. The third-order valence-corrected chi connectivity index (χ3v) is 11.0. The van der Waals surface area contributed by atoms with Gasteiger partial charge in [-0.1, -0.05) is 164 Å². The third-order valence-electron chi connectivity index (χ3n) is 11.0. The molecule has 0 bridgehead atoms. The van der Waals surface area contributed by atoms with Gasteiger partial charge in [-0.05, 0) is 95.4 Å². The third kappa shape index (κ3) is 5.79. The molecule has 1 aromatic heterocycles. The molecule has 1 aliphatic heterocycles. The lowest BCUT2D eigenvalue weighted by Gasteiger charge is -2.20. The molecule has 0 saturated carbocycles. The summed E-state index contributed by atoms with van der Waals surface area (Å²) in [4.78, 5) is 14.8. The molecule has 2 N–H and O–H groups in total. The molecule has 0 radical (unpaired) electrons. The van der Waals surface area contributed by atoms with Gasteiger partial charge in [0.05, 0.1) is 11.7 Å². The van der Waals surface area contributed by atoms with Gasteiger partial charge in [-0.25, -0.2) is 4.99 Å². The fourth-order valence-electron chi connectivity index (χ4n) is 8.57. The van der Waals surface area contributed by atoms with E-state index >= 15 is 0 Å². The molecule has 266 valence electrons. The number of rotatable bonds is 8. The summed E-state index contributed by atoms with van der Waals surface area (Å²) in [6, 6.07) is 56.8. The van der Waals surface area contributed by atoms with Crippen molar-refractivity contribution in [3.05, 3.63) is 199 Å². The van der Waals surface area contributed by atoms with E-state index < -0.39 is 0 Å². The topological polar surface area (TPSA) is 63.6 Å². The van der Waals surface area contributed by atoms with Crippen LogP contribution in [0, 0.1) is 0 Å². The number of allylic oxidation sites excluding steroid dienone is 3. The van der Waals surface area contributed by atoms with Gasteiger partial charge in [0.2, 0.25) is 0 Å². The van der Waals surface area contributed by atoms with Crippen LogP contribution in [0.25, 0.3) is 77.2 Å². The monoisotopic (exact) mass is 718 g/mol. The zero-order chi connectivity index (χ0) is 37.4. The Morgan fingerprint density at radius 3 is 1.79 bits per heavy atom. The van der Waals surface area contributed by atoms with Gasteiger partial charge >= 0.3 is 0 Å². The van der Waals surface area contributed by atoms with E-state index in [9.17, 15) is 0 Å². The summed E-state index contributed by atoms with van der Waals surface area (Å²) < 4.78 is 0. The van der Waals surface area contributed by atoms with Crippen LogP contribution in [0.2, 0.25) is 0 Å². The van der Waals surface area contributed by atoms with Gasteiger partial charge in [-0.3, -0.25) is 9.98 Å². The Morgan fingerprint density at radius 1 is 0.518 bits per heavy atom. The van der Waals surface area contributed by atoms with Crippen molar-refractivity contribution in [2.24, 2.45) is 15.7 Å². The van der Waals surface area contributed by atoms with Crippen molar-refractivity contribution >= 4 is 33.1 Å². The van der Waals surface area contributed by atoms with E-state index in [2.05, 4.69) is 145 Å². The van der Waals surface area contributed by atoms with Crippen LogP contribution >= 0.6 is 0 Å². The highest BCUT2D eigenvalue weighted by Gasteiger charge is 2.31. The fraction of sp³-hybridized carbons (Fsp3) is 0.0577. The van der Waals surface area contributed by atoms with Crippen LogP contribution in [0.4, 0.5) is 0 Å². The van der Waals surface area contributed by atoms with Gasteiger partial charge in [0, 0.05) is 30.4 Å². The van der Waals surface area contributed by atoms with Crippen LogP contribution < -0.4 is 5.73 Å². The number of pyridine rings is 1. The molecule has 4 nitrogen and oxygen atoms in total. The maximum atomic E-state index is 5.66. The second-order valence-corrected chi connectivity index (χ2v) is 14.3. The lowest BCUT2D eigenvalue weighted by Crippen LogP contribution is -2.15. The predicted molar refractivity (Wildman–Crippen MR) is 235 cm³/mol. The first-order valence-corrected chi connectivity index (χ1v) is 19.2. The fourth-order valence-corrected chi connectivity index (χ4v) is 8.57. The average Bonchev–Trinajstić information content (AvgIpc) is 3.60. The summed E-state index contributed by atoms with van der Waals surface area (Å²) in [5, 5.41) is 5.07. The molecular formula is C52H38N4. The highest BCUT2D eigenvalue weighted by atomic mass is 15.0. The molecule has 2 aliphatic rings. The van der Waals surface area contributed by atoms with Gasteiger partial charge in [0.15, 0.2) is 5.84 Å². The minimum atomic E-state index is -0.113. The van der Waals surface area contributed by atoms with Crippen molar-refractivity contribution < 1.29 is 0 Å². The quantitative estimate of drug-likeness (QED) is 0.159. The molecule has 10 rings (SSSR count).